The van der Waals surface area contributed by atoms with E-state index in [1.165, 1.54) is 20.3 Å². The first-order chi connectivity index (χ1) is 17.3. The van der Waals surface area contributed by atoms with Gasteiger partial charge in [-0.05, 0) is 36.4 Å². The monoisotopic (exact) mass is 490 g/mol. The number of nitrogens with one attached hydrogen (secondary N) is 2. The van der Waals surface area contributed by atoms with Crippen molar-refractivity contribution in [3.63, 3.8) is 0 Å². The van der Waals surface area contributed by atoms with Gasteiger partial charge in [0, 0.05) is 34.9 Å². The topological polar surface area (TPSA) is 152 Å². The summed E-state index contributed by atoms with van der Waals surface area (Å²) in [7, 11) is 2.95. The zero-order chi connectivity index (χ0) is 26.1. The van der Waals surface area contributed by atoms with Crippen molar-refractivity contribution in [2.24, 2.45) is 5.10 Å². The highest BCUT2D eigenvalue weighted by atomic mass is 16.6. The van der Waals surface area contributed by atoms with E-state index in [0.29, 0.717) is 22.6 Å². The van der Waals surface area contributed by atoms with Gasteiger partial charge in [-0.2, -0.15) is 5.10 Å². The average Bonchev–Trinajstić information content (AvgIpc) is 2.89. The Morgan fingerprint density at radius 2 is 1.75 bits per heavy atom. The van der Waals surface area contributed by atoms with Crippen LogP contribution in [-0.4, -0.2) is 42.3 Å². The summed E-state index contributed by atoms with van der Waals surface area (Å²) >= 11 is 0. The Morgan fingerprint density at radius 1 is 1.00 bits per heavy atom. The first-order valence-electron chi connectivity index (χ1n) is 10.4. The van der Waals surface area contributed by atoms with Gasteiger partial charge in [0.1, 0.15) is 22.9 Å². The number of carbonyl (C=O) groups is 2. The minimum absolute atomic E-state index is 0.0141. The quantitative estimate of drug-likeness (QED) is 0.180. The van der Waals surface area contributed by atoms with Gasteiger partial charge >= 0.3 is 0 Å². The molecule has 2 amide bonds. The van der Waals surface area contributed by atoms with Crippen LogP contribution in [0.5, 0.6) is 17.2 Å². The molecule has 3 rings (SSSR count). The molecule has 3 aromatic carbocycles. The number of nitro benzene ring substituents is 1. The fraction of sp³-hybridized carbons (Fsp3) is 0.0800. The Bertz CT molecular complexity index is 1340. The van der Waals surface area contributed by atoms with Crippen LogP contribution >= 0.6 is 0 Å². The lowest BCUT2D eigenvalue weighted by Gasteiger charge is -2.11. The fourth-order valence-electron chi connectivity index (χ4n) is 3.02. The molecule has 0 saturated heterocycles. The van der Waals surface area contributed by atoms with E-state index in [4.69, 9.17) is 9.47 Å². The lowest BCUT2D eigenvalue weighted by molar-refractivity contribution is -0.384. The van der Waals surface area contributed by atoms with Gasteiger partial charge in [-0.25, -0.2) is 5.43 Å². The number of nitro groups is 1. The highest BCUT2D eigenvalue weighted by Gasteiger charge is 2.16. The number of ether oxygens (including phenoxy) is 2. The van der Waals surface area contributed by atoms with Crippen LogP contribution in [-0.2, 0) is 4.79 Å². The summed E-state index contributed by atoms with van der Waals surface area (Å²) < 4.78 is 10.5. The number of aromatic hydroxyl groups is 1. The number of benzene rings is 3. The third-order valence-electron chi connectivity index (χ3n) is 4.86. The maximum absolute atomic E-state index is 12.9. The number of non-ortho nitro benzene ring substituents is 1. The van der Waals surface area contributed by atoms with Gasteiger partial charge in [0.2, 0.25) is 0 Å². The molecule has 184 valence electrons. The Balaban J connectivity index is 1.90. The van der Waals surface area contributed by atoms with Crippen LogP contribution in [0.15, 0.2) is 77.5 Å². The van der Waals surface area contributed by atoms with Crippen molar-refractivity contribution in [2.45, 2.75) is 0 Å². The molecule has 3 aromatic rings. The summed E-state index contributed by atoms with van der Waals surface area (Å²) in [5.41, 5.74) is 2.63. The van der Waals surface area contributed by atoms with Crippen molar-refractivity contribution < 1.29 is 29.1 Å². The molecule has 0 aliphatic heterocycles. The molecule has 0 aromatic heterocycles. The highest BCUT2D eigenvalue weighted by molar-refractivity contribution is 6.05. The van der Waals surface area contributed by atoms with Gasteiger partial charge in [0.25, 0.3) is 17.5 Å². The predicted molar refractivity (Wildman–Crippen MR) is 132 cm³/mol. The van der Waals surface area contributed by atoms with E-state index in [9.17, 15) is 24.8 Å². The number of hydrogen-bond donors (Lipinski definition) is 3. The van der Waals surface area contributed by atoms with Gasteiger partial charge in [-0.15, -0.1) is 0 Å². The van der Waals surface area contributed by atoms with Crippen LogP contribution in [0.3, 0.4) is 0 Å². The number of rotatable bonds is 9. The van der Waals surface area contributed by atoms with Gasteiger partial charge in [-0.3, -0.25) is 19.7 Å². The molecule has 0 fully saturated rings. The number of nitrogens with zero attached hydrogens (tertiary/aromatic N) is 2. The van der Waals surface area contributed by atoms with E-state index in [1.54, 1.807) is 48.5 Å². The molecule has 0 heterocycles. The summed E-state index contributed by atoms with van der Waals surface area (Å²) in [6.07, 6.45) is 2.44. The zero-order valence-corrected chi connectivity index (χ0v) is 19.3. The number of phenols is 1. The summed E-state index contributed by atoms with van der Waals surface area (Å²) in [4.78, 5) is 36.0. The van der Waals surface area contributed by atoms with Crippen LogP contribution in [0.25, 0.3) is 6.08 Å². The van der Waals surface area contributed by atoms with Crippen molar-refractivity contribution in [2.75, 3.05) is 14.2 Å². The largest absolute Gasteiger partial charge is 0.507 e. The van der Waals surface area contributed by atoms with Crippen molar-refractivity contribution in [1.82, 2.24) is 10.7 Å². The van der Waals surface area contributed by atoms with E-state index in [-0.39, 0.29) is 22.7 Å². The maximum atomic E-state index is 12.9. The Hall–Kier alpha value is -5.19. The minimum Gasteiger partial charge on any atom is -0.507 e. The highest BCUT2D eigenvalue weighted by Crippen LogP contribution is 2.26. The smallest absolute Gasteiger partial charge is 0.287 e. The second-order valence-corrected chi connectivity index (χ2v) is 7.19. The Labute approximate surface area is 205 Å². The number of amides is 2. The van der Waals surface area contributed by atoms with Gasteiger partial charge < -0.3 is 19.9 Å². The van der Waals surface area contributed by atoms with Crippen LogP contribution in [0.4, 0.5) is 5.69 Å². The van der Waals surface area contributed by atoms with Crippen molar-refractivity contribution >= 4 is 29.8 Å². The molecule has 3 N–H and O–H groups in total. The van der Waals surface area contributed by atoms with E-state index in [1.807, 2.05) is 0 Å². The van der Waals surface area contributed by atoms with Gasteiger partial charge in [-0.1, -0.05) is 18.2 Å². The second-order valence-electron chi connectivity index (χ2n) is 7.19. The molecule has 0 aliphatic carbocycles. The number of carbonyl (C=O) groups excluding carboxylic acids is 2. The number of phenolic OH excluding ortho intramolecular Hbond substituents is 1. The van der Waals surface area contributed by atoms with Gasteiger partial charge in [0.05, 0.1) is 25.4 Å². The molecule has 0 bridgehead atoms. The molecule has 0 unspecified atom stereocenters. The first kappa shape index (κ1) is 25.4. The second kappa shape index (κ2) is 11.8. The number of methoxy groups -OCH3 is 2. The molecule has 0 spiro atoms. The average molecular weight is 490 g/mol. The number of hydrogen-bond acceptors (Lipinski definition) is 8. The van der Waals surface area contributed by atoms with E-state index in [0.717, 1.165) is 24.4 Å². The Kier molecular flexibility index (Phi) is 8.33. The van der Waals surface area contributed by atoms with Crippen LogP contribution < -0.4 is 20.2 Å². The van der Waals surface area contributed by atoms with Gasteiger partial charge in [0.15, 0.2) is 0 Å². The molecular formula is C25H22N4O7. The summed E-state index contributed by atoms with van der Waals surface area (Å²) in [6.45, 7) is 0. The third-order valence-corrected chi connectivity index (χ3v) is 4.86. The van der Waals surface area contributed by atoms with Crippen LogP contribution in [0.2, 0.25) is 0 Å². The molecule has 11 heteroatoms. The molecule has 11 nitrogen and oxygen atoms in total. The Morgan fingerprint density at radius 3 is 2.42 bits per heavy atom. The summed E-state index contributed by atoms with van der Waals surface area (Å²) in [6, 6.07) is 16.6. The number of hydrazone groups is 1. The van der Waals surface area contributed by atoms with E-state index < -0.39 is 16.7 Å². The molecule has 0 radical (unpaired) electrons. The lowest BCUT2D eigenvalue weighted by Crippen LogP contribution is -2.32. The molecule has 36 heavy (non-hydrogen) atoms. The normalized spacial score (nSPS) is 11.1. The van der Waals surface area contributed by atoms with Crippen LogP contribution in [0, 0.1) is 10.1 Å². The fourth-order valence-corrected chi connectivity index (χ4v) is 3.02. The van der Waals surface area contributed by atoms with Crippen molar-refractivity contribution in [1.29, 1.82) is 0 Å². The lowest BCUT2D eigenvalue weighted by atomic mass is 10.1. The summed E-state index contributed by atoms with van der Waals surface area (Å²) in [5, 5.41) is 27.2. The maximum Gasteiger partial charge on any atom is 0.287 e. The minimum atomic E-state index is -0.793. The molecule has 0 saturated carbocycles. The zero-order valence-electron chi connectivity index (χ0n) is 19.3. The van der Waals surface area contributed by atoms with Crippen molar-refractivity contribution in [3.8, 4) is 17.2 Å². The van der Waals surface area contributed by atoms with E-state index >= 15 is 0 Å². The van der Waals surface area contributed by atoms with E-state index in [2.05, 4.69) is 15.8 Å². The predicted octanol–water partition coefficient (Wildman–Crippen LogP) is 3.24. The standard InChI is InChI=1S/C25H22N4O7/c1-35-20-10-8-17(23(14-20)36-2)13-21(27-24(31)16-6-4-3-5-7-16)25(32)28-26-15-18-12-19(29(33)34)9-11-22(18)30/h3-15,30H,1-2H3,(H,27,31)(H,28,32)/b21-13?,26-15+. The van der Waals surface area contributed by atoms with Crippen LogP contribution in [0.1, 0.15) is 21.5 Å². The van der Waals surface area contributed by atoms with Crippen molar-refractivity contribution in [3.05, 3.63) is 99.2 Å². The first-order valence-corrected chi connectivity index (χ1v) is 10.4. The summed E-state index contributed by atoms with van der Waals surface area (Å²) in [5.74, 6) is -0.680. The molecule has 0 aliphatic rings. The SMILES string of the molecule is COc1ccc(C=C(NC(=O)c2ccccc2)C(=O)N/N=C/c2cc([N+](=O)[O-])ccc2O)c(OC)c1. The molecular weight excluding hydrogens is 468 g/mol. The molecule has 0 atom stereocenters. The third kappa shape index (κ3) is 6.44.